The summed E-state index contributed by atoms with van der Waals surface area (Å²) < 4.78 is 0. The van der Waals surface area contributed by atoms with Gasteiger partial charge in [0.25, 0.3) is 0 Å². The Bertz CT molecular complexity index is 2170. The predicted octanol–water partition coefficient (Wildman–Crippen LogP) is 13.5. The lowest BCUT2D eigenvalue weighted by atomic mass is 9.90. The molecule has 0 N–H and O–H groups in total. The Hall–Kier alpha value is -4.68. The summed E-state index contributed by atoms with van der Waals surface area (Å²) in [6, 6.07) is 49.9. The van der Waals surface area contributed by atoms with E-state index in [1.54, 1.807) is 0 Å². The summed E-state index contributed by atoms with van der Waals surface area (Å²) in [5, 5.41) is 16.5. The average molecular weight is 595 g/mol. The number of fused-ring (bicyclic) bond motifs is 6. The highest BCUT2D eigenvalue weighted by atomic mass is 14.2. The fraction of sp³-hybridized carbons (Fsp3) is 0.217. The van der Waals surface area contributed by atoms with Crippen LogP contribution in [0.3, 0.4) is 0 Å². The van der Waals surface area contributed by atoms with Gasteiger partial charge in [0.05, 0.1) is 0 Å². The van der Waals surface area contributed by atoms with E-state index in [4.69, 9.17) is 0 Å². The molecule has 0 heterocycles. The molecule has 0 amide bonds. The lowest BCUT2D eigenvalue weighted by molar-refractivity contribution is 0.569. The summed E-state index contributed by atoms with van der Waals surface area (Å²) >= 11 is 0. The molecule has 8 aromatic carbocycles. The Morgan fingerprint density at radius 3 is 1.00 bits per heavy atom. The Morgan fingerprint density at radius 1 is 0.239 bits per heavy atom. The molecule has 0 bridgehead atoms. The van der Waals surface area contributed by atoms with Crippen LogP contribution in [0.25, 0.3) is 64.6 Å². The first-order valence-corrected chi connectivity index (χ1v) is 17.5. The van der Waals surface area contributed by atoms with Gasteiger partial charge in [0.15, 0.2) is 0 Å². The Labute approximate surface area is 272 Å². The van der Waals surface area contributed by atoms with E-state index in [1.807, 2.05) is 0 Å². The second-order valence-corrected chi connectivity index (χ2v) is 13.3. The minimum Gasteiger partial charge on any atom is -0.0616 e. The van der Waals surface area contributed by atoms with Gasteiger partial charge in [0.2, 0.25) is 0 Å². The van der Waals surface area contributed by atoms with Crippen LogP contribution < -0.4 is 0 Å². The zero-order valence-corrected chi connectivity index (χ0v) is 26.8. The molecule has 0 atom stereocenters. The van der Waals surface area contributed by atoms with E-state index < -0.39 is 0 Å². The third kappa shape index (κ3) is 5.74. The monoisotopic (exact) mass is 594 g/mol. The SMILES string of the molecule is c1ccc2cc3c(CCCCCCCCCCc4c5ccccc5cc5ccccc45)c4cc5ccccc5cc4cc3cc2c1. The Balaban J connectivity index is 0.892. The average Bonchev–Trinajstić information content (AvgIpc) is 3.10. The first-order valence-electron chi connectivity index (χ1n) is 17.5. The smallest absolute Gasteiger partial charge is 0.0139 e. The fourth-order valence-electron chi connectivity index (χ4n) is 7.90. The molecule has 0 heteroatoms. The second kappa shape index (κ2) is 13.0. The van der Waals surface area contributed by atoms with Crippen LogP contribution in [0.4, 0.5) is 0 Å². The van der Waals surface area contributed by atoms with Crippen LogP contribution in [-0.4, -0.2) is 0 Å². The third-order valence-electron chi connectivity index (χ3n) is 10.3. The van der Waals surface area contributed by atoms with Crippen LogP contribution >= 0.6 is 0 Å². The van der Waals surface area contributed by atoms with Crippen molar-refractivity contribution in [3.8, 4) is 0 Å². The van der Waals surface area contributed by atoms with E-state index in [2.05, 4.69) is 133 Å². The van der Waals surface area contributed by atoms with E-state index in [1.165, 1.54) is 134 Å². The minimum absolute atomic E-state index is 1.14. The number of unbranched alkanes of at least 4 members (excludes halogenated alkanes) is 7. The van der Waals surface area contributed by atoms with Crippen molar-refractivity contribution in [2.24, 2.45) is 0 Å². The topological polar surface area (TPSA) is 0 Å². The van der Waals surface area contributed by atoms with E-state index in [9.17, 15) is 0 Å². The summed E-state index contributed by atoms with van der Waals surface area (Å²) in [4.78, 5) is 0. The number of hydrogen-bond donors (Lipinski definition) is 0. The predicted molar refractivity (Wildman–Crippen MR) is 202 cm³/mol. The van der Waals surface area contributed by atoms with Crippen LogP contribution in [0.1, 0.15) is 62.5 Å². The van der Waals surface area contributed by atoms with Gasteiger partial charge in [0.1, 0.15) is 0 Å². The van der Waals surface area contributed by atoms with Gasteiger partial charge in [-0.1, -0.05) is 136 Å². The maximum atomic E-state index is 2.44. The molecule has 0 fully saturated rings. The highest BCUT2D eigenvalue weighted by Crippen LogP contribution is 2.35. The second-order valence-electron chi connectivity index (χ2n) is 13.3. The van der Waals surface area contributed by atoms with Crippen molar-refractivity contribution in [3.05, 3.63) is 145 Å². The summed E-state index contributed by atoms with van der Waals surface area (Å²) in [6.45, 7) is 0. The van der Waals surface area contributed by atoms with Gasteiger partial charge >= 0.3 is 0 Å². The van der Waals surface area contributed by atoms with Crippen molar-refractivity contribution in [1.29, 1.82) is 0 Å². The highest BCUT2D eigenvalue weighted by molar-refractivity contribution is 6.10. The molecule has 226 valence electrons. The largest absolute Gasteiger partial charge is 0.0616 e. The molecule has 0 aliphatic heterocycles. The van der Waals surface area contributed by atoms with Gasteiger partial charge in [-0.3, -0.25) is 0 Å². The van der Waals surface area contributed by atoms with Gasteiger partial charge in [-0.15, -0.1) is 0 Å². The summed E-state index contributed by atoms with van der Waals surface area (Å²) in [7, 11) is 0. The molecule has 0 unspecified atom stereocenters. The van der Waals surface area contributed by atoms with Crippen molar-refractivity contribution >= 4 is 64.6 Å². The highest BCUT2D eigenvalue weighted by Gasteiger charge is 2.11. The molecular formula is C46H42. The zero-order valence-electron chi connectivity index (χ0n) is 26.8. The van der Waals surface area contributed by atoms with Gasteiger partial charge in [-0.2, -0.15) is 0 Å². The minimum atomic E-state index is 1.14. The lowest BCUT2D eigenvalue weighted by Gasteiger charge is -2.14. The van der Waals surface area contributed by atoms with Gasteiger partial charge in [-0.25, -0.2) is 0 Å². The maximum Gasteiger partial charge on any atom is -0.0139 e. The van der Waals surface area contributed by atoms with Crippen LogP contribution in [0.15, 0.2) is 133 Å². The van der Waals surface area contributed by atoms with Crippen molar-refractivity contribution in [2.45, 2.75) is 64.2 Å². The van der Waals surface area contributed by atoms with Gasteiger partial charge in [0, 0.05) is 0 Å². The molecule has 0 aromatic heterocycles. The molecule has 46 heavy (non-hydrogen) atoms. The molecule has 0 aliphatic carbocycles. The van der Waals surface area contributed by atoms with E-state index in [0.29, 0.717) is 0 Å². The molecule has 0 aliphatic rings. The zero-order chi connectivity index (χ0) is 30.7. The van der Waals surface area contributed by atoms with Crippen molar-refractivity contribution in [1.82, 2.24) is 0 Å². The lowest BCUT2D eigenvalue weighted by Crippen LogP contribution is -1.93. The summed E-state index contributed by atoms with van der Waals surface area (Å²) in [5.41, 5.74) is 3.07. The number of rotatable bonds is 11. The number of aryl methyl sites for hydroxylation is 2. The first-order chi connectivity index (χ1) is 22.8. The third-order valence-corrected chi connectivity index (χ3v) is 10.3. The number of benzene rings is 8. The number of hydrogen-bond acceptors (Lipinski definition) is 0. The van der Waals surface area contributed by atoms with Crippen molar-refractivity contribution < 1.29 is 0 Å². The van der Waals surface area contributed by atoms with Crippen molar-refractivity contribution in [2.75, 3.05) is 0 Å². The Morgan fingerprint density at radius 2 is 0.543 bits per heavy atom. The molecule has 0 radical (unpaired) electrons. The van der Waals surface area contributed by atoms with Gasteiger partial charge in [-0.05, 0) is 138 Å². The molecule has 0 nitrogen and oxygen atoms in total. The summed E-state index contributed by atoms with van der Waals surface area (Å²) in [5.74, 6) is 0. The normalized spacial score (nSPS) is 11.9. The Kier molecular flexibility index (Phi) is 8.11. The van der Waals surface area contributed by atoms with E-state index in [-0.39, 0.29) is 0 Å². The summed E-state index contributed by atoms with van der Waals surface area (Å²) in [6.07, 6.45) is 12.8. The van der Waals surface area contributed by atoms with Crippen LogP contribution in [-0.2, 0) is 12.8 Å². The van der Waals surface area contributed by atoms with E-state index >= 15 is 0 Å². The van der Waals surface area contributed by atoms with Crippen LogP contribution in [0.2, 0.25) is 0 Å². The van der Waals surface area contributed by atoms with E-state index in [0.717, 1.165) is 6.42 Å². The first kappa shape index (κ1) is 28.8. The molecular weight excluding hydrogens is 553 g/mol. The molecule has 0 spiro atoms. The molecule has 0 saturated carbocycles. The molecule has 8 rings (SSSR count). The standard InChI is InChI=1S/C46H42/c1(3-5-7-25-43-41-23-15-13-21-37(41)29-38-22-14-16-24-42(38)43)2-4-6-8-26-44-45-31-35-19-11-9-17-33(35)27-39(45)30-40-28-34-18-10-12-20-36(34)32-46(40)44/h9-24,27-32H,1-8,25-26H2. The van der Waals surface area contributed by atoms with Gasteiger partial charge < -0.3 is 0 Å². The van der Waals surface area contributed by atoms with Crippen molar-refractivity contribution in [3.63, 3.8) is 0 Å². The van der Waals surface area contributed by atoms with Crippen LogP contribution in [0.5, 0.6) is 0 Å². The quantitative estimate of drug-likeness (QED) is 0.103. The van der Waals surface area contributed by atoms with Crippen LogP contribution in [0, 0.1) is 0 Å². The molecule has 0 saturated heterocycles. The fourth-order valence-corrected chi connectivity index (χ4v) is 7.90. The molecule has 8 aromatic rings. The maximum absolute atomic E-state index is 2.44.